The van der Waals surface area contributed by atoms with E-state index in [0.29, 0.717) is 19.0 Å². The van der Waals surface area contributed by atoms with E-state index in [1.165, 1.54) is 0 Å². The van der Waals surface area contributed by atoms with Crippen molar-refractivity contribution >= 4 is 11.4 Å². The second-order valence-electron chi connectivity index (χ2n) is 15.5. The van der Waals surface area contributed by atoms with Crippen molar-refractivity contribution in [3.05, 3.63) is 187 Å². The van der Waals surface area contributed by atoms with E-state index in [9.17, 15) is 10.2 Å². The molecule has 0 unspecified atom stereocenters. The predicted octanol–water partition coefficient (Wildman–Crippen LogP) is 11.4. The molecule has 0 aliphatic carbocycles. The van der Waals surface area contributed by atoms with Crippen molar-refractivity contribution in [2.45, 2.75) is 57.2 Å². The van der Waals surface area contributed by atoms with Gasteiger partial charge in [0.25, 0.3) is 5.79 Å². The van der Waals surface area contributed by atoms with Gasteiger partial charge in [0.15, 0.2) is 0 Å². The maximum absolute atomic E-state index is 9.21. The van der Waals surface area contributed by atoms with Crippen LogP contribution in [0.5, 0.6) is 11.5 Å². The molecule has 8 heteroatoms. The average Bonchev–Trinajstić information content (AvgIpc) is 3.94. The first-order valence-corrected chi connectivity index (χ1v) is 21.9. The van der Waals surface area contributed by atoms with Crippen LogP contribution in [0.15, 0.2) is 180 Å². The SMILES string of the molecule is OCCCCCCOc1ccc(-c2nc(-c3ccccc3)c(-c3ccccc3)n2C2(c3ccc(OCCCCCCO)cc3)N=C(c3ccccc3)C(c3ccccc3)=N2)cc1. The summed E-state index contributed by atoms with van der Waals surface area (Å²) < 4.78 is 14.7. The third kappa shape index (κ3) is 9.62. The summed E-state index contributed by atoms with van der Waals surface area (Å²) in [5, 5.41) is 18.4. The minimum atomic E-state index is -1.36. The second kappa shape index (κ2) is 20.8. The van der Waals surface area contributed by atoms with E-state index < -0.39 is 5.79 Å². The molecule has 1 aliphatic heterocycles. The Morgan fingerprint density at radius 3 is 1.31 bits per heavy atom. The van der Waals surface area contributed by atoms with Crippen LogP contribution in [0.4, 0.5) is 0 Å². The van der Waals surface area contributed by atoms with Gasteiger partial charge in [-0.05, 0) is 87.1 Å². The van der Waals surface area contributed by atoms with Crippen LogP contribution >= 0.6 is 0 Å². The van der Waals surface area contributed by atoms with Gasteiger partial charge in [0.1, 0.15) is 17.3 Å². The molecule has 0 saturated heterocycles. The van der Waals surface area contributed by atoms with Gasteiger partial charge in [-0.2, -0.15) is 0 Å². The topological polar surface area (TPSA) is 101 Å². The lowest BCUT2D eigenvalue weighted by Crippen LogP contribution is -2.31. The molecule has 0 fully saturated rings. The Hall–Kier alpha value is -6.61. The van der Waals surface area contributed by atoms with Crippen molar-refractivity contribution in [3.63, 3.8) is 0 Å². The van der Waals surface area contributed by atoms with Crippen molar-refractivity contribution in [3.8, 4) is 45.4 Å². The highest BCUT2D eigenvalue weighted by molar-refractivity contribution is 6.54. The highest BCUT2D eigenvalue weighted by atomic mass is 16.5. The van der Waals surface area contributed by atoms with Crippen molar-refractivity contribution in [1.82, 2.24) is 9.55 Å². The van der Waals surface area contributed by atoms with E-state index in [2.05, 4.69) is 89.5 Å². The summed E-state index contributed by atoms with van der Waals surface area (Å²) in [7, 11) is 0. The Morgan fingerprint density at radius 2 is 0.839 bits per heavy atom. The van der Waals surface area contributed by atoms with Crippen molar-refractivity contribution in [1.29, 1.82) is 0 Å². The summed E-state index contributed by atoms with van der Waals surface area (Å²) in [4.78, 5) is 17.2. The van der Waals surface area contributed by atoms with E-state index in [4.69, 9.17) is 24.4 Å². The molecule has 0 atom stereocenters. The van der Waals surface area contributed by atoms with Gasteiger partial charge in [-0.1, -0.05) is 134 Å². The molecule has 0 bridgehead atoms. The molecule has 314 valence electrons. The van der Waals surface area contributed by atoms with Gasteiger partial charge in [0, 0.05) is 46.6 Å². The predicted molar refractivity (Wildman–Crippen MR) is 250 cm³/mol. The number of benzene rings is 6. The molecular formula is C54H54N4O4. The molecule has 62 heavy (non-hydrogen) atoms. The molecular weight excluding hydrogens is 769 g/mol. The Balaban J connectivity index is 1.34. The minimum absolute atomic E-state index is 0.220. The lowest BCUT2D eigenvalue weighted by molar-refractivity contribution is 0.273. The monoisotopic (exact) mass is 822 g/mol. The van der Waals surface area contributed by atoms with E-state index in [1.807, 2.05) is 84.9 Å². The number of unbranched alkanes of at least 4 members (excludes halogenated alkanes) is 6. The molecule has 1 aromatic heterocycles. The molecule has 8 rings (SSSR count). The van der Waals surface area contributed by atoms with Gasteiger partial charge in [-0.25, -0.2) is 15.0 Å². The van der Waals surface area contributed by atoms with Gasteiger partial charge >= 0.3 is 0 Å². The number of nitrogens with zero attached hydrogens (tertiary/aromatic N) is 4. The van der Waals surface area contributed by atoms with Crippen LogP contribution in [-0.4, -0.2) is 57.6 Å². The molecule has 1 aliphatic rings. The van der Waals surface area contributed by atoms with Gasteiger partial charge in [-0.3, -0.25) is 4.57 Å². The Bertz CT molecular complexity index is 2460. The van der Waals surface area contributed by atoms with Crippen LogP contribution in [0.25, 0.3) is 33.9 Å². The van der Waals surface area contributed by atoms with Crippen molar-refractivity contribution in [2.24, 2.45) is 9.98 Å². The van der Waals surface area contributed by atoms with Crippen molar-refractivity contribution in [2.75, 3.05) is 26.4 Å². The fourth-order valence-corrected chi connectivity index (χ4v) is 7.96. The van der Waals surface area contributed by atoms with Crippen LogP contribution in [0.2, 0.25) is 0 Å². The maximum Gasteiger partial charge on any atom is 0.261 e. The average molecular weight is 823 g/mol. The summed E-state index contributed by atoms with van der Waals surface area (Å²) in [5.74, 6) is 0.903. The third-order valence-electron chi connectivity index (χ3n) is 11.1. The van der Waals surface area contributed by atoms with Gasteiger partial charge < -0.3 is 19.7 Å². The first-order valence-electron chi connectivity index (χ1n) is 21.9. The number of hydrogen-bond donors (Lipinski definition) is 2. The Labute approximate surface area is 364 Å². The quantitative estimate of drug-likeness (QED) is 0.0703. The van der Waals surface area contributed by atoms with Crippen LogP contribution in [0.3, 0.4) is 0 Å². The summed E-state index contributed by atoms with van der Waals surface area (Å²) >= 11 is 0. The number of aliphatic hydroxyl groups excluding tert-OH is 2. The highest BCUT2D eigenvalue weighted by Gasteiger charge is 2.45. The van der Waals surface area contributed by atoms with Crippen LogP contribution in [-0.2, 0) is 5.79 Å². The molecule has 2 heterocycles. The zero-order valence-electron chi connectivity index (χ0n) is 35.2. The van der Waals surface area contributed by atoms with E-state index in [0.717, 1.165) is 119 Å². The number of ether oxygens (including phenoxy) is 2. The molecule has 7 aromatic rings. The molecule has 0 radical (unpaired) electrons. The molecule has 6 aromatic carbocycles. The smallest absolute Gasteiger partial charge is 0.261 e. The zero-order valence-corrected chi connectivity index (χ0v) is 35.2. The number of aliphatic imine (C=N–C) groups is 2. The van der Waals surface area contributed by atoms with Crippen molar-refractivity contribution < 1.29 is 19.7 Å². The fraction of sp³-hybridized carbons (Fsp3) is 0.241. The van der Waals surface area contributed by atoms with Gasteiger partial charge in [-0.15, -0.1) is 0 Å². The van der Waals surface area contributed by atoms with Crippen LogP contribution < -0.4 is 9.47 Å². The lowest BCUT2D eigenvalue weighted by atomic mass is 10.0. The summed E-state index contributed by atoms with van der Waals surface area (Å²) in [6.07, 6.45) is 7.45. The molecule has 0 amide bonds. The van der Waals surface area contributed by atoms with E-state index in [-0.39, 0.29) is 13.2 Å². The largest absolute Gasteiger partial charge is 0.494 e. The molecule has 0 spiro atoms. The molecule has 0 saturated carbocycles. The molecule has 2 N–H and O–H groups in total. The number of aliphatic hydroxyl groups is 2. The second-order valence-corrected chi connectivity index (χ2v) is 15.5. The molecule has 8 nitrogen and oxygen atoms in total. The van der Waals surface area contributed by atoms with Crippen LogP contribution in [0, 0.1) is 0 Å². The Morgan fingerprint density at radius 1 is 0.419 bits per heavy atom. The minimum Gasteiger partial charge on any atom is -0.494 e. The lowest BCUT2D eigenvalue weighted by Gasteiger charge is -2.30. The number of imidazole rings is 1. The van der Waals surface area contributed by atoms with Crippen LogP contribution in [0.1, 0.15) is 68.1 Å². The maximum atomic E-state index is 9.21. The first kappa shape index (κ1) is 42.1. The van der Waals surface area contributed by atoms with Gasteiger partial charge in [0.05, 0.1) is 36.0 Å². The number of rotatable bonds is 21. The summed E-state index contributed by atoms with van der Waals surface area (Å²) in [6.45, 7) is 1.64. The third-order valence-corrected chi connectivity index (χ3v) is 11.1. The first-order chi connectivity index (χ1) is 30.7. The Kier molecular flexibility index (Phi) is 14.1. The number of aromatic nitrogens is 2. The van der Waals surface area contributed by atoms with E-state index >= 15 is 0 Å². The summed E-state index contributed by atoms with van der Waals surface area (Å²) in [6, 6.07) is 57.7. The fourth-order valence-electron chi connectivity index (χ4n) is 7.96. The van der Waals surface area contributed by atoms with E-state index in [1.54, 1.807) is 0 Å². The standard InChI is InChI=1S/C54H54N4O4/c59-37-17-1-3-19-39-61-47-33-29-45(30-34-47)53-55-51(43-25-13-7-14-26-43)52(44-27-15-8-16-28-44)58(53)54(46-31-35-48(36-32-46)62-40-20-4-2-18-38-60)56-49(41-21-9-5-10-22-41)50(57-54)42-23-11-6-12-24-42/h5-16,21-36,59-60H,1-4,17-20,37-40H2. The summed E-state index contributed by atoms with van der Waals surface area (Å²) in [5.41, 5.74) is 8.87. The number of hydrogen-bond acceptors (Lipinski definition) is 7. The normalized spacial score (nSPS) is 13.1. The highest BCUT2D eigenvalue weighted by Crippen LogP contribution is 2.47. The van der Waals surface area contributed by atoms with Gasteiger partial charge in [0.2, 0.25) is 0 Å². The zero-order chi connectivity index (χ0) is 42.4.